The molecule has 116 valence electrons. The van der Waals surface area contributed by atoms with E-state index in [1.807, 2.05) is 34.9 Å². The van der Waals surface area contributed by atoms with Gasteiger partial charge in [-0.2, -0.15) is 0 Å². The first-order chi connectivity index (χ1) is 9.38. The lowest BCUT2D eigenvalue weighted by Gasteiger charge is -2.40. The van der Waals surface area contributed by atoms with Gasteiger partial charge in [-0.15, -0.1) is 0 Å². The molecule has 0 radical (unpaired) electrons. The first kappa shape index (κ1) is 17.0. The number of nitrogens with one attached hydrogen (secondary N) is 1. The number of hydrogen-bond donors (Lipinski definition) is 1. The van der Waals surface area contributed by atoms with Crippen molar-refractivity contribution < 1.29 is 9.59 Å². The van der Waals surface area contributed by atoms with E-state index < -0.39 is 0 Å². The third kappa shape index (κ3) is 4.20. The smallest absolute Gasteiger partial charge is 0.246 e. The zero-order valence-corrected chi connectivity index (χ0v) is 13.5. The first-order valence-electron chi connectivity index (χ1n) is 7.64. The third-order valence-corrected chi connectivity index (χ3v) is 3.83. The van der Waals surface area contributed by atoms with E-state index >= 15 is 0 Å². The molecule has 1 heterocycles. The summed E-state index contributed by atoms with van der Waals surface area (Å²) >= 11 is 0. The fraction of sp³-hybridized carbons (Fsp3) is 0.867. The second-order valence-corrected chi connectivity index (χ2v) is 6.20. The molecule has 0 spiro atoms. The lowest BCUT2D eigenvalue weighted by atomic mass is 9.96. The van der Waals surface area contributed by atoms with E-state index in [4.69, 9.17) is 0 Å². The van der Waals surface area contributed by atoms with Gasteiger partial charge in [0.05, 0.1) is 0 Å². The van der Waals surface area contributed by atoms with E-state index in [-0.39, 0.29) is 29.8 Å². The largest absolute Gasteiger partial charge is 0.342 e. The van der Waals surface area contributed by atoms with Crippen LogP contribution in [0.4, 0.5) is 0 Å². The minimum atomic E-state index is -0.362. The van der Waals surface area contributed by atoms with Crippen molar-refractivity contribution in [1.29, 1.82) is 0 Å². The van der Waals surface area contributed by atoms with Crippen molar-refractivity contribution in [3.8, 4) is 0 Å². The maximum atomic E-state index is 12.5. The molecule has 2 atom stereocenters. The molecule has 2 amide bonds. The Morgan fingerprint density at radius 2 is 1.90 bits per heavy atom. The minimum Gasteiger partial charge on any atom is -0.342 e. The zero-order chi connectivity index (χ0) is 15.3. The zero-order valence-electron chi connectivity index (χ0n) is 13.5. The summed E-state index contributed by atoms with van der Waals surface area (Å²) < 4.78 is 0. The Balaban J connectivity index is 2.66. The Labute approximate surface area is 122 Å². The first-order valence-corrected chi connectivity index (χ1v) is 7.64. The molecule has 20 heavy (non-hydrogen) atoms. The summed E-state index contributed by atoms with van der Waals surface area (Å²) in [6.45, 7) is 7.60. The second kappa shape index (κ2) is 7.62. The fourth-order valence-corrected chi connectivity index (χ4v) is 2.62. The Hall–Kier alpha value is -1.10. The summed E-state index contributed by atoms with van der Waals surface area (Å²) in [4.78, 5) is 28.6. The van der Waals surface area contributed by atoms with Crippen molar-refractivity contribution in [3.63, 3.8) is 0 Å². The maximum absolute atomic E-state index is 12.5. The molecular weight excluding hydrogens is 254 g/mol. The van der Waals surface area contributed by atoms with E-state index in [1.165, 1.54) is 0 Å². The lowest BCUT2D eigenvalue weighted by Crippen LogP contribution is -2.64. The number of nitrogens with zero attached hydrogens (tertiary/aromatic N) is 2. The predicted molar refractivity (Wildman–Crippen MR) is 80.3 cm³/mol. The number of rotatable bonds is 7. The molecule has 0 bridgehead atoms. The number of carbonyl (C=O) groups is 2. The van der Waals surface area contributed by atoms with E-state index in [9.17, 15) is 9.59 Å². The molecule has 1 N–H and O–H groups in total. The molecule has 1 aliphatic rings. The predicted octanol–water partition coefficient (Wildman–Crippen LogP) is 1.09. The van der Waals surface area contributed by atoms with Crippen LogP contribution in [-0.4, -0.2) is 60.9 Å². The van der Waals surface area contributed by atoms with Gasteiger partial charge >= 0.3 is 0 Å². The van der Waals surface area contributed by atoms with Crippen LogP contribution in [0, 0.1) is 5.92 Å². The van der Waals surface area contributed by atoms with Gasteiger partial charge in [-0.1, -0.05) is 20.8 Å². The Morgan fingerprint density at radius 3 is 2.40 bits per heavy atom. The Kier molecular flexibility index (Phi) is 6.46. The molecule has 0 aromatic carbocycles. The van der Waals surface area contributed by atoms with Gasteiger partial charge in [-0.3, -0.25) is 9.59 Å². The molecule has 1 saturated heterocycles. The molecule has 1 aliphatic heterocycles. The van der Waals surface area contributed by atoms with Crippen molar-refractivity contribution in [3.05, 3.63) is 0 Å². The summed E-state index contributed by atoms with van der Waals surface area (Å²) in [5.74, 6) is 0.211. The van der Waals surface area contributed by atoms with Crippen molar-refractivity contribution in [2.45, 2.75) is 52.1 Å². The van der Waals surface area contributed by atoms with Crippen LogP contribution < -0.4 is 5.32 Å². The molecule has 0 saturated carbocycles. The van der Waals surface area contributed by atoms with Crippen LogP contribution in [-0.2, 0) is 9.59 Å². The number of carbonyl (C=O) groups excluding carboxylic acids is 2. The van der Waals surface area contributed by atoms with Crippen LogP contribution in [0.5, 0.6) is 0 Å². The van der Waals surface area contributed by atoms with Crippen LogP contribution in [0.2, 0.25) is 0 Å². The fourth-order valence-electron chi connectivity index (χ4n) is 2.62. The van der Waals surface area contributed by atoms with E-state index in [1.54, 1.807) is 4.90 Å². The van der Waals surface area contributed by atoms with Gasteiger partial charge in [0, 0.05) is 6.54 Å². The van der Waals surface area contributed by atoms with Gasteiger partial charge in [-0.25, -0.2) is 0 Å². The van der Waals surface area contributed by atoms with Crippen molar-refractivity contribution in [2.24, 2.45) is 5.92 Å². The third-order valence-electron chi connectivity index (χ3n) is 3.83. The topological polar surface area (TPSA) is 52.7 Å². The van der Waals surface area contributed by atoms with Crippen LogP contribution in [0.25, 0.3) is 0 Å². The normalized spacial score (nSPS) is 23.6. The highest BCUT2D eigenvalue weighted by Gasteiger charge is 2.40. The highest BCUT2D eigenvalue weighted by molar-refractivity contribution is 5.97. The van der Waals surface area contributed by atoms with Crippen LogP contribution in [0.1, 0.15) is 40.0 Å². The number of unbranched alkanes of at least 4 members (excludes halogenated alkanes) is 1. The average molecular weight is 283 g/mol. The lowest BCUT2D eigenvalue weighted by molar-refractivity contribution is -0.150. The van der Waals surface area contributed by atoms with E-state index in [2.05, 4.69) is 10.2 Å². The number of piperazine rings is 1. The average Bonchev–Trinajstić information content (AvgIpc) is 2.37. The second-order valence-electron chi connectivity index (χ2n) is 6.20. The monoisotopic (exact) mass is 283 g/mol. The van der Waals surface area contributed by atoms with E-state index in [0.29, 0.717) is 13.0 Å². The summed E-state index contributed by atoms with van der Waals surface area (Å²) in [6, 6.07) is -0.656. The van der Waals surface area contributed by atoms with Gasteiger partial charge in [0.25, 0.3) is 0 Å². The molecular formula is C15H29N3O2. The Morgan fingerprint density at radius 1 is 1.25 bits per heavy atom. The summed E-state index contributed by atoms with van der Waals surface area (Å²) in [7, 11) is 4.09. The van der Waals surface area contributed by atoms with Crippen LogP contribution in [0.3, 0.4) is 0 Å². The molecule has 0 aliphatic carbocycles. The molecule has 1 rings (SSSR count). The van der Waals surface area contributed by atoms with E-state index in [0.717, 1.165) is 19.4 Å². The van der Waals surface area contributed by atoms with Crippen molar-refractivity contribution >= 4 is 11.8 Å². The highest BCUT2D eigenvalue weighted by atomic mass is 16.2. The number of amides is 2. The van der Waals surface area contributed by atoms with Gasteiger partial charge in [0.2, 0.25) is 11.8 Å². The highest BCUT2D eigenvalue weighted by Crippen LogP contribution is 2.18. The van der Waals surface area contributed by atoms with Crippen LogP contribution in [0.15, 0.2) is 0 Å². The number of hydrogen-bond acceptors (Lipinski definition) is 3. The van der Waals surface area contributed by atoms with Gasteiger partial charge in [0.1, 0.15) is 12.1 Å². The quantitative estimate of drug-likeness (QED) is 0.712. The molecule has 0 aromatic heterocycles. The minimum absolute atomic E-state index is 0.00147. The van der Waals surface area contributed by atoms with Crippen molar-refractivity contribution in [2.75, 3.05) is 27.2 Å². The van der Waals surface area contributed by atoms with Crippen LogP contribution >= 0.6 is 0 Å². The molecule has 5 heteroatoms. The summed E-state index contributed by atoms with van der Waals surface area (Å²) in [5.41, 5.74) is 0. The SMILES string of the molecule is CCC1C(=O)NC(C(C)C)C(=O)N1CCCCN(C)C. The standard InChI is InChI=1S/C15H29N3O2/c1-6-12-14(19)16-13(11(2)3)15(20)18(12)10-8-7-9-17(4)5/h11-13H,6-10H2,1-5H3,(H,16,19). The molecule has 0 aromatic rings. The van der Waals surface area contributed by atoms with Gasteiger partial charge in [0.15, 0.2) is 0 Å². The summed E-state index contributed by atoms with van der Waals surface area (Å²) in [6.07, 6.45) is 2.66. The van der Waals surface area contributed by atoms with Gasteiger partial charge < -0.3 is 15.1 Å². The van der Waals surface area contributed by atoms with Crippen molar-refractivity contribution in [1.82, 2.24) is 15.1 Å². The maximum Gasteiger partial charge on any atom is 0.246 e. The summed E-state index contributed by atoms with van der Waals surface area (Å²) in [5, 5.41) is 2.87. The molecule has 5 nitrogen and oxygen atoms in total. The van der Waals surface area contributed by atoms with Gasteiger partial charge in [-0.05, 0) is 45.8 Å². The molecule has 1 fully saturated rings. The molecule has 2 unspecified atom stereocenters. The Bertz CT molecular complexity index is 342.